The Morgan fingerprint density at radius 2 is 1.88 bits per heavy atom. The average molecular weight is 387 g/mol. The van der Waals surface area contributed by atoms with Crippen molar-refractivity contribution in [3.05, 3.63) is 68.5 Å². The second-order valence-corrected chi connectivity index (χ2v) is 6.76. The van der Waals surface area contributed by atoms with Crippen molar-refractivity contribution >= 4 is 46.2 Å². The zero-order valence-electron chi connectivity index (χ0n) is 13.2. The first kappa shape index (κ1) is 17.5. The van der Waals surface area contributed by atoms with Crippen molar-refractivity contribution in [2.45, 2.75) is 0 Å². The van der Waals surface area contributed by atoms with E-state index in [1.165, 1.54) is 18.4 Å². The molecule has 3 aromatic rings. The summed E-state index contributed by atoms with van der Waals surface area (Å²) in [6.45, 7) is 0. The first-order chi connectivity index (χ1) is 12.1. The number of methoxy groups -OCH3 is 1. The van der Waals surface area contributed by atoms with Gasteiger partial charge in [-0.15, -0.1) is 11.3 Å². The average Bonchev–Trinajstić information content (AvgIpc) is 3.10. The van der Waals surface area contributed by atoms with Gasteiger partial charge in [0.05, 0.1) is 28.4 Å². The van der Waals surface area contributed by atoms with Crippen molar-refractivity contribution in [1.29, 1.82) is 5.26 Å². The molecule has 1 heterocycles. The number of hydrogen-bond donors (Lipinski definition) is 0. The Hall–Kier alpha value is -2.32. The van der Waals surface area contributed by atoms with Crippen LogP contribution in [0.15, 0.2) is 47.8 Å². The molecule has 0 aliphatic heterocycles. The third-order valence-corrected chi connectivity index (χ3v) is 4.90. The summed E-state index contributed by atoms with van der Waals surface area (Å²) < 4.78 is 5.14. The second kappa shape index (κ2) is 7.71. The molecule has 0 bridgehead atoms. The fourth-order valence-corrected chi connectivity index (χ4v) is 3.76. The van der Waals surface area contributed by atoms with E-state index in [4.69, 9.17) is 27.9 Å². The molecule has 0 aliphatic rings. The highest BCUT2D eigenvalue weighted by molar-refractivity contribution is 7.11. The molecular formula is C19H12Cl2N2OS. The van der Waals surface area contributed by atoms with Gasteiger partial charge in [-0.25, -0.2) is 4.98 Å². The Morgan fingerprint density at radius 1 is 1.20 bits per heavy atom. The topological polar surface area (TPSA) is 45.9 Å². The van der Waals surface area contributed by atoms with E-state index >= 15 is 0 Å². The van der Waals surface area contributed by atoms with Crippen LogP contribution >= 0.6 is 34.5 Å². The molecule has 3 rings (SSSR count). The minimum Gasteiger partial charge on any atom is -0.494 e. The molecule has 3 nitrogen and oxygen atoms in total. The molecule has 0 spiro atoms. The first-order valence-corrected chi connectivity index (χ1v) is 8.92. The molecule has 2 aromatic carbocycles. The minimum atomic E-state index is 0.391. The predicted molar refractivity (Wildman–Crippen MR) is 104 cm³/mol. The number of thiazole rings is 1. The third kappa shape index (κ3) is 3.85. The molecule has 1 aromatic heterocycles. The fourth-order valence-electron chi connectivity index (χ4n) is 2.31. The van der Waals surface area contributed by atoms with Crippen molar-refractivity contribution < 1.29 is 4.74 Å². The maximum atomic E-state index is 9.52. The van der Waals surface area contributed by atoms with E-state index in [1.54, 1.807) is 18.2 Å². The third-order valence-electron chi connectivity index (χ3n) is 3.46. The van der Waals surface area contributed by atoms with E-state index in [9.17, 15) is 5.26 Å². The Labute approximate surface area is 159 Å². The van der Waals surface area contributed by atoms with E-state index in [2.05, 4.69) is 11.1 Å². The number of nitriles is 1. The van der Waals surface area contributed by atoms with Gasteiger partial charge < -0.3 is 4.74 Å². The maximum Gasteiger partial charge on any atom is 0.156 e. The Kier molecular flexibility index (Phi) is 5.40. The van der Waals surface area contributed by atoms with E-state index < -0.39 is 0 Å². The van der Waals surface area contributed by atoms with Crippen molar-refractivity contribution in [3.63, 3.8) is 0 Å². The van der Waals surface area contributed by atoms with Crippen LogP contribution in [0.25, 0.3) is 22.9 Å². The summed E-state index contributed by atoms with van der Waals surface area (Å²) in [4.78, 5) is 4.56. The minimum absolute atomic E-state index is 0.391. The smallest absolute Gasteiger partial charge is 0.156 e. The van der Waals surface area contributed by atoms with E-state index in [-0.39, 0.29) is 0 Å². The van der Waals surface area contributed by atoms with Gasteiger partial charge in [-0.05, 0) is 23.8 Å². The summed E-state index contributed by atoms with van der Waals surface area (Å²) in [5.41, 5.74) is 3.01. The lowest BCUT2D eigenvalue weighted by molar-refractivity contribution is 0.415. The van der Waals surface area contributed by atoms with E-state index in [0.29, 0.717) is 31.9 Å². The molecular weight excluding hydrogens is 375 g/mol. The van der Waals surface area contributed by atoms with E-state index in [1.807, 2.05) is 35.7 Å². The van der Waals surface area contributed by atoms with Gasteiger partial charge in [0.25, 0.3) is 0 Å². The van der Waals surface area contributed by atoms with Crippen LogP contribution in [-0.2, 0) is 0 Å². The molecule has 0 radical (unpaired) electrons. The quantitative estimate of drug-likeness (QED) is 0.502. The van der Waals surface area contributed by atoms with Crippen LogP contribution < -0.4 is 4.74 Å². The summed E-state index contributed by atoms with van der Waals surface area (Å²) in [5, 5.41) is 12.9. The highest BCUT2D eigenvalue weighted by Crippen LogP contribution is 2.35. The predicted octanol–water partition coefficient (Wildman–Crippen LogP) is 6.19. The summed E-state index contributed by atoms with van der Waals surface area (Å²) in [6.07, 6.45) is 1.71. The largest absolute Gasteiger partial charge is 0.494 e. The van der Waals surface area contributed by atoms with Crippen LogP contribution in [0.1, 0.15) is 10.6 Å². The molecule has 124 valence electrons. The number of hydrogen-bond acceptors (Lipinski definition) is 4. The van der Waals surface area contributed by atoms with Gasteiger partial charge in [0, 0.05) is 10.9 Å². The molecule has 0 saturated heterocycles. The molecule has 0 unspecified atom stereocenters. The molecule has 0 N–H and O–H groups in total. The molecule has 0 fully saturated rings. The molecule has 0 saturated carbocycles. The molecule has 0 amide bonds. The van der Waals surface area contributed by atoms with Crippen LogP contribution in [0.3, 0.4) is 0 Å². The monoisotopic (exact) mass is 386 g/mol. The van der Waals surface area contributed by atoms with Crippen LogP contribution in [0.4, 0.5) is 0 Å². The Balaban J connectivity index is 1.97. The molecule has 0 atom stereocenters. The molecule has 6 heteroatoms. The van der Waals surface area contributed by atoms with Crippen molar-refractivity contribution in [1.82, 2.24) is 4.98 Å². The first-order valence-electron chi connectivity index (χ1n) is 7.28. The zero-order chi connectivity index (χ0) is 17.8. The standard InChI is InChI=1S/C19H12Cl2N2OS/c1-24-18-15(20)8-12(9-16(18)21)7-14(10-22)19-23-17(11-25-19)13-5-3-2-4-6-13/h2-9,11H,1H3/b14-7-. The van der Waals surface area contributed by atoms with Crippen molar-refractivity contribution in [3.8, 4) is 23.1 Å². The van der Waals surface area contributed by atoms with Crippen LogP contribution in [0.2, 0.25) is 10.0 Å². The van der Waals surface area contributed by atoms with Gasteiger partial charge in [-0.3, -0.25) is 0 Å². The summed E-state index contributed by atoms with van der Waals surface area (Å²) in [5.74, 6) is 0.416. The van der Waals surface area contributed by atoms with Crippen LogP contribution in [0.5, 0.6) is 5.75 Å². The maximum absolute atomic E-state index is 9.52. The Bertz CT molecular complexity index is 952. The molecule has 25 heavy (non-hydrogen) atoms. The number of halogens is 2. The Morgan fingerprint density at radius 3 is 2.48 bits per heavy atom. The van der Waals surface area contributed by atoms with Crippen LogP contribution in [0, 0.1) is 11.3 Å². The van der Waals surface area contributed by atoms with Crippen molar-refractivity contribution in [2.75, 3.05) is 7.11 Å². The number of rotatable bonds is 4. The summed E-state index contributed by atoms with van der Waals surface area (Å²) >= 11 is 13.7. The zero-order valence-corrected chi connectivity index (χ0v) is 15.5. The van der Waals surface area contributed by atoms with Gasteiger partial charge in [0.2, 0.25) is 0 Å². The number of aromatic nitrogens is 1. The van der Waals surface area contributed by atoms with Gasteiger partial charge in [-0.2, -0.15) is 5.26 Å². The highest BCUT2D eigenvalue weighted by Gasteiger charge is 2.11. The SMILES string of the molecule is COc1c(Cl)cc(/C=C(/C#N)c2nc(-c3ccccc3)cs2)cc1Cl. The normalized spacial score (nSPS) is 11.2. The molecule has 0 aliphatic carbocycles. The van der Waals surface area contributed by atoms with E-state index in [0.717, 1.165) is 11.3 Å². The number of allylic oxidation sites excluding steroid dienone is 1. The summed E-state index contributed by atoms with van der Waals surface area (Å²) in [6, 6.07) is 15.4. The van der Waals surface area contributed by atoms with Gasteiger partial charge >= 0.3 is 0 Å². The summed E-state index contributed by atoms with van der Waals surface area (Å²) in [7, 11) is 1.50. The number of benzene rings is 2. The second-order valence-electron chi connectivity index (χ2n) is 5.09. The van der Waals surface area contributed by atoms with Gasteiger partial charge in [0.15, 0.2) is 5.75 Å². The number of ether oxygens (including phenoxy) is 1. The van der Waals surface area contributed by atoms with Crippen LogP contribution in [-0.4, -0.2) is 12.1 Å². The van der Waals surface area contributed by atoms with Gasteiger partial charge in [-0.1, -0.05) is 53.5 Å². The fraction of sp³-hybridized carbons (Fsp3) is 0.0526. The van der Waals surface area contributed by atoms with Crippen molar-refractivity contribution in [2.24, 2.45) is 0 Å². The lowest BCUT2D eigenvalue weighted by atomic mass is 10.1. The van der Waals surface area contributed by atoms with Gasteiger partial charge in [0.1, 0.15) is 11.1 Å². The number of nitrogens with zero attached hydrogens (tertiary/aromatic N) is 2. The lowest BCUT2D eigenvalue weighted by Gasteiger charge is -2.06. The highest BCUT2D eigenvalue weighted by atomic mass is 35.5. The lowest BCUT2D eigenvalue weighted by Crippen LogP contribution is -1.87.